The van der Waals surface area contributed by atoms with E-state index in [4.69, 9.17) is 22.0 Å². The lowest BCUT2D eigenvalue weighted by Crippen LogP contribution is -2.22. The van der Waals surface area contributed by atoms with Crippen LogP contribution in [0.4, 0.5) is 0 Å². The molecular formula is C11H12BrClN2O. The maximum atomic E-state index is 9.03. The van der Waals surface area contributed by atoms with E-state index in [1.54, 1.807) is 6.07 Å². The van der Waals surface area contributed by atoms with E-state index in [1.807, 2.05) is 12.1 Å². The smallest absolute Gasteiger partial charge is 0.122 e. The Bertz CT molecular complexity index is 392. The first-order valence-corrected chi connectivity index (χ1v) is 6.05. The first kappa shape index (κ1) is 13.5. The second kappa shape index (κ2) is 6.87. The highest BCUT2D eigenvalue weighted by atomic mass is 79.9. The number of halogens is 2. The van der Waals surface area contributed by atoms with Crippen LogP contribution in [0, 0.1) is 11.3 Å². The third kappa shape index (κ3) is 3.76. The van der Waals surface area contributed by atoms with Gasteiger partial charge in [0.2, 0.25) is 0 Å². The molecule has 0 saturated carbocycles. The maximum Gasteiger partial charge on any atom is 0.122 e. The summed E-state index contributed by atoms with van der Waals surface area (Å²) in [6, 6.07) is 7.12. The van der Waals surface area contributed by atoms with Crippen LogP contribution < -0.4 is 5.32 Å². The molecule has 0 saturated heterocycles. The number of hydrogen-bond donors (Lipinski definition) is 2. The van der Waals surface area contributed by atoms with Crippen molar-refractivity contribution in [3.63, 3.8) is 0 Å². The number of aliphatic hydroxyl groups excluding tert-OH is 1. The van der Waals surface area contributed by atoms with Crippen LogP contribution >= 0.6 is 27.5 Å². The second-order valence-electron chi connectivity index (χ2n) is 3.26. The number of nitriles is 1. The van der Waals surface area contributed by atoms with E-state index >= 15 is 0 Å². The molecule has 0 amide bonds. The molecule has 1 atom stereocenters. The van der Waals surface area contributed by atoms with Crippen molar-refractivity contribution in [1.82, 2.24) is 5.32 Å². The summed E-state index contributed by atoms with van der Waals surface area (Å²) in [5.41, 5.74) is 0.755. The number of benzene rings is 1. The molecule has 0 radical (unpaired) electrons. The van der Waals surface area contributed by atoms with Crippen LogP contribution in [0.15, 0.2) is 22.7 Å². The SMILES string of the molecule is N#CC(NCCCO)c1ccc(Br)cc1Cl. The molecule has 1 unspecified atom stereocenters. The van der Waals surface area contributed by atoms with Gasteiger partial charge >= 0.3 is 0 Å². The fourth-order valence-electron chi connectivity index (χ4n) is 1.29. The molecule has 0 aliphatic rings. The van der Waals surface area contributed by atoms with E-state index < -0.39 is 6.04 Å². The molecule has 0 aliphatic carbocycles. The molecule has 3 nitrogen and oxygen atoms in total. The molecular weight excluding hydrogens is 291 g/mol. The number of aliphatic hydroxyl groups is 1. The Hall–Kier alpha value is -0.600. The lowest BCUT2D eigenvalue weighted by Gasteiger charge is -2.13. The summed E-state index contributed by atoms with van der Waals surface area (Å²) in [5.74, 6) is 0. The summed E-state index contributed by atoms with van der Waals surface area (Å²) < 4.78 is 0.883. The minimum atomic E-state index is -0.438. The third-order valence-corrected chi connectivity index (χ3v) is 2.91. The molecule has 0 aliphatic heterocycles. The van der Waals surface area contributed by atoms with Gasteiger partial charge in [-0.1, -0.05) is 33.6 Å². The Labute approximate surface area is 108 Å². The summed E-state index contributed by atoms with van der Waals surface area (Å²) in [4.78, 5) is 0. The zero-order valence-corrected chi connectivity index (χ0v) is 10.9. The van der Waals surface area contributed by atoms with Crippen molar-refractivity contribution in [1.29, 1.82) is 5.26 Å². The van der Waals surface area contributed by atoms with Crippen molar-refractivity contribution < 1.29 is 5.11 Å². The first-order chi connectivity index (χ1) is 7.69. The molecule has 1 aromatic carbocycles. The summed E-state index contributed by atoms with van der Waals surface area (Å²) in [5, 5.41) is 21.3. The predicted octanol–water partition coefficient (Wildman–Crippen LogP) is 2.64. The number of hydrogen-bond acceptors (Lipinski definition) is 3. The Morgan fingerprint density at radius 3 is 2.88 bits per heavy atom. The van der Waals surface area contributed by atoms with Crippen molar-refractivity contribution in [2.45, 2.75) is 12.5 Å². The topological polar surface area (TPSA) is 56.0 Å². The highest BCUT2D eigenvalue weighted by molar-refractivity contribution is 9.10. The van der Waals surface area contributed by atoms with Gasteiger partial charge in [0.1, 0.15) is 6.04 Å². The summed E-state index contributed by atoms with van der Waals surface area (Å²) >= 11 is 9.36. The Morgan fingerprint density at radius 1 is 1.56 bits per heavy atom. The van der Waals surface area contributed by atoms with E-state index in [1.165, 1.54) is 0 Å². The average molecular weight is 304 g/mol. The molecule has 0 spiro atoms. The lowest BCUT2D eigenvalue weighted by atomic mass is 10.1. The summed E-state index contributed by atoms with van der Waals surface area (Å²) in [7, 11) is 0. The normalized spacial score (nSPS) is 12.1. The minimum absolute atomic E-state index is 0.110. The van der Waals surface area contributed by atoms with Gasteiger partial charge in [-0.25, -0.2) is 0 Å². The molecule has 2 N–H and O–H groups in total. The minimum Gasteiger partial charge on any atom is -0.396 e. The van der Waals surface area contributed by atoms with E-state index in [0.717, 1.165) is 10.0 Å². The van der Waals surface area contributed by atoms with Gasteiger partial charge in [0.15, 0.2) is 0 Å². The number of nitrogens with one attached hydrogen (secondary N) is 1. The van der Waals surface area contributed by atoms with Crippen LogP contribution in [0.25, 0.3) is 0 Å². The van der Waals surface area contributed by atoms with Gasteiger partial charge in [0.25, 0.3) is 0 Å². The van der Waals surface area contributed by atoms with Crippen molar-refractivity contribution in [2.24, 2.45) is 0 Å². The van der Waals surface area contributed by atoms with Gasteiger partial charge in [-0.3, -0.25) is 5.32 Å². The van der Waals surface area contributed by atoms with Gasteiger partial charge in [-0.2, -0.15) is 5.26 Å². The van der Waals surface area contributed by atoms with Crippen LogP contribution in [0.3, 0.4) is 0 Å². The van der Waals surface area contributed by atoms with Gasteiger partial charge in [0, 0.05) is 21.7 Å². The maximum absolute atomic E-state index is 9.03. The average Bonchev–Trinajstić information content (AvgIpc) is 2.26. The molecule has 1 aromatic rings. The van der Waals surface area contributed by atoms with E-state index in [-0.39, 0.29) is 6.61 Å². The van der Waals surface area contributed by atoms with Crippen LogP contribution in [-0.2, 0) is 0 Å². The third-order valence-electron chi connectivity index (χ3n) is 2.09. The van der Waals surface area contributed by atoms with Crippen LogP contribution in [-0.4, -0.2) is 18.3 Å². The van der Waals surface area contributed by atoms with Gasteiger partial charge in [-0.05, 0) is 25.1 Å². The molecule has 5 heteroatoms. The van der Waals surface area contributed by atoms with Crippen molar-refractivity contribution in [3.05, 3.63) is 33.3 Å². The van der Waals surface area contributed by atoms with E-state index in [9.17, 15) is 0 Å². The summed E-state index contributed by atoms with van der Waals surface area (Å²) in [6.07, 6.45) is 0.617. The van der Waals surface area contributed by atoms with Crippen molar-refractivity contribution in [3.8, 4) is 6.07 Å². The number of nitrogens with zero attached hydrogens (tertiary/aromatic N) is 1. The summed E-state index contributed by atoms with van der Waals surface area (Å²) in [6.45, 7) is 0.695. The van der Waals surface area contributed by atoms with Gasteiger partial charge < -0.3 is 5.11 Å². The standard InChI is InChI=1S/C11H12BrClN2O/c12-8-2-3-9(10(13)6-8)11(7-14)15-4-1-5-16/h2-3,6,11,15-16H,1,4-5H2. The Kier molecular flexibility index (Phi) is 5.78. The Morgan fingerprint density at radius 2 is 2.31 bits per heavy atom. The van der Waals surface area contributed by atoms with Gasteiger partial charge in [0.05, 0.1) is 6.07 Å². The van der Waals surface area contributed by atoms with E-state index in [0.29, 0.717) is 18.0 Å². The van der Waals surface area contributed by atoms with Gasteiger partial charge in [-0.15, -0.1) is 0 Å². The van der Waals surface area contributed by atoms with Crippen molar-refractivity contribution >= 4 is 27.5 Å². The highest BCUT2D eigenvalue weighted by Gasteiger charge is 2.13. The molecule has 0 heterocycles. The molecule has 16 heavy (non-hydrogen) atoms. The fraction of sp³-hybridized carbons (Fsp3) is 0.364. The zero-order valence-electron chi connectivity index (χ0n) is 8.58. The van der Waals surface area contributed by atoms with E-state index in [2.05, 4.69) is 27.3 Å². The molecule has 0 aromatic heterocycles. The second-order valence-corrected chi connectivity index (χ2v) is 4.58. The monoisotopic (exact) mass is 302 g/mol. The highest BCUT2D eigenvalue weighted by Crippen LogP contribution is 2.26. The van der Waals surface area contributed by atoms with Crippen LogP contribution in [0.2, 0.25) is 5.02 Å². The zero-order chi connectivity index (χ0) is 12.0. The predicted molar refractivity (Wildman–Crippen MR) is 67.2 cm³/mol. The van der Waals surface area contributed by atoms with Crippen molar-refractivity contribution in [2.75, 3.05) is 13.2 Å². The Balaban J connectivity index is 2.76. The first-order valence-electron chi connectivity index (χ1n) is 4.88. The number of rotatable bonds is 5. The van der Waals surface area contributed by atoms with Crippen LogP contribution in [0.5, 0.6) is 0 Å². The quantitative estimate of drug-likeness (QED) is 0.822. The largest absolute Gasteiger partial charge is 0.396 e. The molecule has 86 valence electrons. The molecule has 0 bridgehead atoms. The molecule has 0 fully saturated rings. The fourth-order valence-corrected chi connectivity index (χ4v) is 2.07. The van der Waals surface area contributed by atoms with Crippen LogP contribution in [0.1, 0.15) is 18.0 Å². The molecule has 1 rings (SSSR count). The lowest BCUT2D eigenvalue weighted by molar-refractivity contribution is 0.285.